The molecule has 4 N–H and O–H groups in total. The molecule has 5 unspecified atom stereocenters. The highest BCUT2D eigenvalue weighted by Crippen LogP contribution is 2.26. The molecule has 0 aromatic carbocycles. The zero-order valence-electron chi connectivity index (χ0n) is 16.8. The molecule has 1 aliphatic rings. The maximum Gasteiger partial charge on any atom is 0.306 e. The zero-order chi connectivity index (χ0) is 20.9. The van der Waals surface area contributed by atoms with E-state index in [4.69, 9.17) is 14.2 Å². The summed E-state index contributed by atoms with van der Waals surface area (Å²) in [4.78, 5) is 22.8. The molecule has 5 atom stereocenters. The minimum absolute atomic E-state index is 0.0987. The van der Waals surface area contributed by atoms with Crippen LogP contribution in [0.3, 0.4) is 0 Å². The number of hydrogen-bond acceptors (Lipinski definition) is 8. The summed E-state index contributed by atoms with van der Waals surface area (Å²) in [6.07, 6.45) is 0.0829. The Hall–Kier alpha value is -1.26. The van der Waals surface area contributed by atoms with Crippen LogP contribution in [0.25, 0.3) is 0 Å². The van der Waals surface area contributed by atoms with Crippen LogP contribution in [0.15, 0.2) is 0 Å². The second-order valence-electron chi connectivity index (χ2n) is 7.01. The Bertz CT molecular complexity index is 459. The van der Waals surface area contributed by atoms with Crippen LogP contribution in [0.5, 0.6) is 0 Å². The molecule has 1 rings (SSSR count). The van der Waals surface area contributed by atoms with Gasteiger partial charge < -0.3 is 34.8 Å². The SMILES string of the molecule is CCOC(=O)CCC(=O)NCCCCCCOC1OC(CO)C(O)C(O)C1C. The molecule has 0 radical (unpaired) electrons. The lowest BCUT2D eigenvalue weighted by Crippen LogP contribution is -2.55. The van der Waals surface area contributed by atoms with E-state index < -0.39 is 24.6 Å². The number of aliphatic hydroxyl groups is 3. The van der Waals surface area contributed by atoms with Gasteiger partial charge in [0.25, 0.3) is 0 Å². The predicted octanol–water partition coefficient (Wildman–Crippen LogP) is 0.0980. The van der Waals surface area contributed by atoms with E-state index in [0.717, 1.165) is 25.7 Å². The summed E-state index contributed by atoms with van der Waals surface area (Å²) in [5.41, 5.74) is 0. The summed E-state index contributed by atoms with van der Waals surface area (Å²) < 4.78 is 15.9. The van der Waals surface area contributed by atoms with E-state index >= 15 is 0 Å². The second kappa shape index (κ2) is 13.8. The van der Waals surface area contributed by atoms with Gasteiger partial charge in [0.15, 0.2) is 6.29 Å². The Labute approximate surface area is 166 Å². The summed E-state index contributed by atoms with van der Waals surface area (Å²) in [5.74, 6) is -0.900. The molecule has 0 aliphatic carbocycles. The Balaban J connectivity index is 2.04. The average Bonchev–Trinajstić information content (AvgIpc) is 2.68. The number of aliphatic hydroxyl groups excluding tert-OH is 3. The van der Waals surface area contributed by atoms with Crippen molar-refractivity contribution < 1.29 is 39.1 Å². The number of rotatable bonds is 13. The lowest BCUT2D eigenvalue weighted by Gasteiger charge is -2.40. The van der Waals surface area contributed by atoms with E-state index in [1.807, 2.05) is 0 Å². The first-order chi connectivity index (χ1) is 13.4. The van der Waals surface area contributed by atoms with Crippen molar-refractivity contribution in [3.63, 3.8) is 0 Å². The third kappa shape index (κ3) is 8.83. The highest BCUT2D eigenvalue weighted by Gasteiger charge is 2.42. The van der Waals surface area contributed by atoms with Gasteiger partial charge in [0.2, 0.25) is 5.91 Å². The van der Waals surface area contributed by atoms with Crippen molar-refractivity contribution in [2.45, 2.75) is 77.0 Å². The molecular formula is C19H35NO8. The molecule has 0 spiro atoms. The fraction of sp³-hybridized carbons (Fsp3) is 0.895. The van der Waals surface area contributed by atoms with E-state index in [2.05, 4.69) is 5.32 Å². The zero-order valence-corrected chi connectivity index (χ0v) is 16.8. The summed E-state index contributed by atoms with van der Waals surface area (Å²) in [6, 6.07) is 0. The van der Waals surface area contributed by atoms with Crippen LogP contribution in [0, 0.1) is 5.92 Å². The third-order valence-corrected chi connectivity index (χ3v) is 4.72. The van der Waals surface area contributed by atoms with Crippen molar-refractivity contribution in [1.82, 2.24) is 5.32 Å². The van der Waals surface area contributed by atoms with E-state index in [1.165, 1.54) is 0 Å². The Morgan fingerprint density at radius 2 is 1.79 bits per heavy atom. The standard InChI is InChI=1S/C19H35NO8/c1-3-26-16(23)9-8-15(22)20-10-6-4-5-7-11-27-19-13(2)17(24)18(25)14(12-21)28-19/h13-14,17-19,21,24-25H,3-12H2,1-2H3,(H,20,22). The molecule has 1 aliphatic heterocycles. The van der Waals surface area contributed by atoms with Gasteiger partial charge in [-0.3, -0.25) is 9.59 Å². The van der Waals surface area contributed by atoms with E-state index in [0.29, 0.717) is 19.8 Å². The number of nitrogens with one attached hydrogen (secondary N) is 1. The van der Waals surface area contributed by atoms with Crippen LogP contribution < -0.4 is 5.32 Å². The number of hydrogen-bond donors (Lipinski definition) is 4. The third-order valence-electron chi connectivity index (χ3n) is 4.72. The largest absolute Gasteiger partial charge is 0.466 e. The molecule has 9 heteroatoms. The maximum absolute atomic E-state index is 11.6. The van der Waals surface area contributed by atoms with Gasteiger partial charge in [-0.1, -0.05) is 19.8 Å². The van der Waals surface area contributed by atoms with Gasteiger partial charge in [-0.25, -0.2) is 0 Å². The maximum atomic E-state index is 11.6. The van der Waals surface area contributed by atoms with Crippen molar-refractivity contribution in [3.05, 3.63) is 0 Å². The fourth-order valence-corrected chi connectivity index (χ4v) is 2.96. The topological polar surface area (TPSA) is 135 Å². The minimum Gasteiger partial charge on any atom is -0.466 e. The number of esters is 1. The number of unbranched alkanes of at least 4 members (excludes halogenated alkanes) is 3. The second-order valence-corrected chi connectivity index (χ2v) is 7.01. The first-order valence-corrected chi connectivity index (χ1v) is 10.1. The summed E-state index contributed by atoms with van der Waals surface area (Å²) in [7, 11) is 0. The highest BCUT2D eigenvalue weighted by molar-refractivity contribution is 5.81. The first kappa shape index (κ1) is 24.8. The van der Waals surface area contributed by atoms with Crippen molar-refractivity contribution in [3.8, 4) is 0 Å². The van der Waals surface area contributed by atoms with Crippen molar-refractivity contribution >= 4 is 11.9 Å². The van der Waals surface area contributed by atoms with Crippen molar-refractivity contribution in [1.29, 1.82) is 0 Å². The van der Waals surface area contributed by atoms with E-state index in [9.17, 15) is 24.9 Å². The molecule has 1 amide bonds. The molecule has 28 heavy (non-hydrogen) atoms. The Morgan fingerprint density at radius 3 is 2.46 bits per heavy atom. The van der Waals surface area contributed by atoms with Crippen LogP contribution in [-0.4, -0.2) is 78.2 Å². The van der Waals surface area contributed by atoms with Gasteiger partial charge in [0, 0.05) is 25.5 Å². The van der Waals surface area contributed by atoms with Gasteiger partial charge in [-0.15, -0.1) is 0 Å². The molecule has 1 saturated heterocycles. The molecule has 0 saturated carbocycles. The quantitative estimate of drug-likeness (QED) is 0.250. The molecular weight excluding hydrogens is 370 g/mol. The van der Waals surface area contributed by atoms with Crippen LogP contribution in [0.4, 0.5) is 0 Å². The molecule has 0 aromatic heterocycles. The van der Waals surface area contributed by atoms with Gasteiger partial charge in [0.1, 0.15) is 12.2 Å². The van der Waals surface area contributed by atoms with Gasteiger partial charge in [0.05, 0.1) is 25.7 Å². The molecule has 9 nitrogen and oxygen atoms in total. The van der Waals surface area contributed by atoms with Gasteiger partial charge >= 0.3 is 5.97 Å². The van der Waals surface area contributed by atoms with Gasteiger partial charge in [-0.05, 0) is 19.8 Å². The molecule has 0 bridgehead atoms. The lowest BCUT2D eigenvalue weighted by molar-refractivity contribution is -0.282. The molecule has 1 fully saturated rings. The van der Waals surface area contributed by atoms with Gasteiger partial charge in [-0.2, -0.15) is 0 Å². The minimum atomic E-state index is -1.12. The first-order valence-electron chi connectivity index (χ1n) is 10.1. The predicted molar refractivity (Wildman–Crippen MR) is 100 cm³/mol. The van der Waals surface area contributed by atoms with Crippen LogP contribution in [0.1, 0.15) is 52.4 Å². The molecule has 0 aromatic rings. The van der Waals surface area contributed by atoms with Crippen molar-refractivity contribution in [2.75, 3.05) is 26.4 Å². The number of ether oxygens (including phenoxy) is 3. The van der Waals surface area contributed by atoms with Crippen LogP contribution in [0.2, 0.25) is 0 Å². The monoisotopic (exact) mass is 405 g/mol. The fourth-order valence-electron chi connectivity index (χ4n) is 2.96. The van der Waals surface area contributed by atoms with Crippen LogP contribution in [-0.2, 0) is 23.8 Å². The highest BCUT2D eigenvalue weighted by atomic mass is 16.7. The number of amides is 1. The molecule has 164 valence electrons. The Morgan fingerprint density at radius 1 is 1.07 bits per heavy atom. The van der Waals surface area contributed by atoms with Crippen LogP contribution >= 0.6 is 0 Å². The summed E-state index contributed by atoms with van der Waals surface area (Å²) in [5, 5.41) is 31.7. The number of carbonyl (C=O) groups is 2. The summed E-state index contributed by atoms with van der Waals surface area (Å²) >= 11 is 0. The lowest BCUT2D eigenvalue weighted by atomic mass is 9.92. The average molecular weight is 405 g/mol. The normalized spacial score (nSPS) is 27.4. The van der Waals surface area contributed by atoms with E-state index in [-0.39, 0.29) is 37.2 Å². The Kier molecular flexibility index (Phi) is 12.2. The van der Waals surface area contributed by atoms with Crippen molar-refractivity contribution in [2.24, 2.45) is 5.92 Å². The smallest absolute Gasteiger partial charge is 0.306 e. The summed E-state index contributed by atoms with van der Waals surface area (Å²) in [6.45, 7) is 4.41. The van der Waals surface area contributed by atoms with E-state index in [1.54, 1.807) is 13.8 Å². The number of carbonyl (C=O) groups excluding carboxylic acids is 2. The molecule has 1 heterocycles.